The Hall–Kier alpha value is -12.9. The molecule has 0 bridgehead atoms. The van der Waals surface area contributed by atoms with Gasteiger partial charge < -0.3 is 28.4 Å². The Morgan fingerprint density at radius 2 is 0.444 bits per heavy atom. The zero-order chi connectivity index (χ0) is 66.6. The summed E-state index contributed by atoms with van der Waals surface area (Å²) in [5.74, 6) is 0. The molecule has 0 radical (unpaired) electrons. The Kier molecular flexibility index (Phi) is 16.7. The van der Waals surface area contributed by atoms with Gasteiger partial charge in [-0.25, -0.2) is 0 Å². The van der Waals surface area contributed by atoms with Crippen LogP contribution in [0.3, 0.4) is 0 Å². The van der Waals surface area contributed by atoms with Gasteiger partial charge in [-0.15, -0.1) is 0 Å². The van der Waals surface area contributed by atoms with Crippen LogP contribution in [0.2, 0.25) is 0 Å². The molecule has 3 heterocycles. The molecule has 6 heteroatoms. The predicted molar refractivity (Wildman–Crippen MR) is 422 cm³/mol. The average Bonchev–Trinajstić information content (AvgIpc) is 1.62. The van der Waals surface area contributed by atoms with Crippen LogP contribution in [0.5, 0.6) is 0 Å². The quantitative estimate of drug-likeness (QED) is 0.122. The Morgan fingerprint density at radius 1 is 0.182 bits per heavy atom. The van der Waals surface area contributed by atoms with Crippen LogP contribution in [0, 0.1) is 0 Å². The van der Waals surface area contributed by atoms with Gasteiger partial charge in [0, 0.05) is 110 Å². The van der Waals surface area contributed by atoms with Gasteiger partial charge in [0.15, 0.2) is 0 Å². The van der Waals surface area contributed by atoms with Gasteiger partial charge in [0.1, 0.15) is 0 Å². The molecular weight excluding hydrogens is 1200 g/mol. The van der Waals surface area contributed by atoms with Crippen molar-refractivity contribution in [1.29, 1.82) is 0 Å². The van der Waals surface area contributed by atoms with Gasteiger partial charge in [0.05, 0.1) is 33.1 Å². The molecule has 18 rings (SSSR count). The van der Waals surface area contributed by atoms with E-state index in [9.17, 15) is 0 Å². The Labute approximate surface area is 578 Å². The van der Waals surface area contributed by atoms with Crippen LogP contribution in [0.15, 0.2) is 382 Å². The van der Waals surface area contributed by atoms with Crippen LogP contribution in [0.1, 0.15) is 0 Å². The number of para-hydroxylation sites is 7. The van der Waals surface area contributed by atoms with E-state index in [1.165, 1.54) is 133 Å². The predicted octanol–water partition coefficient (Wildman–Crippen LogP) is 24.7. The number of fused-ring (bicyclic) bond motifs is 9. The third kappa shape index (κ3) is 11.9. The molecule has 18 aromatic rings. The largest absolute Gasteiger partial charge is 0.345 e. The SMILES string of the molecule is CN(c1ccc(-c2ccccc2)cc1)c1ccc(-n2c3ccccc3c3ccccc32)cc1.CN(c1ccc(-n2c3ccccc3c3ccccc32)cc1)c1cccc(-c2ccccc2)c1.CN(c1ccc(-n2c3ccccc3c3ccccc32)cc1)c1ccccc1-c1ccccc1. The summed E-state index contributed by atoms with van der Waals surface area (Å²) < 4.78 is 7.06. The van der Waals surface area contributed by atoms with Crippen LogP contribution in [0.25, 0.3) is 116 Å². The molecule has 6 nitrogen and oxygen atoms in total. The number of anilines is 6. The van der Waals surface area contributed by atoms with E-state index in [1.807, 2.05) is 0 Å². The van der Waals surface area contributed by atoms with E-state index in [0.717, 1.165) is 17.1 Å². The maximum Gasteiger partial charge on any atom is 0.0541 e. The van der Waals surface area contributed by atoms with Gasteiger partial charge in [-0.3, -0.25) is 0 Å². The molecular formula is C93H72N6. The molecule has 474 valence electrons. The van der Waals surface area contributed by atoms with E-state index in [2.05, 4.69) is 432 Å². The van der Waals surface area contributed by atoms with Crippen LogP contribution in [0.4, 0.5) is 34.1 Å². The highest BCUT2D eigenvalue weighted by atomic mass is 15.1. The van der Waals surface area contributed by atoms with Crippen molar-refractivity contribution in [3.05, 3.63) is 382 Å². The zero-order valence-electron chi connectivity index (χ0n) is 55.6. The van der Waals surface area contributed by atoms with Crippen molar-refractivity contribution in [1.82, 2.24) is 13.7 Å². The number of benzene rings is 15. The van der Waals surface area contributed by atoms with E-state index in [4.69, 9.17) is 0 Å². The monoisotopic (exact) mass is 1270 g/mol. The normalized spacial score (nSPS) is 11.2. The Bertz CT molecular complexity index is 5660. The second-order valence-corrected chi connectivity index (χ2v) is 25.0. The van der Waals surface area contributed by atoms with Gasteiger partial charge in [-0.2, -0.15) is 0 Å². The van der Waals surface area contributed by atoms with E-state index >= 15 is 0 Å². The first-order chi connectivity index (χ1) is 48.9. The van der Waals surface area contributed by atoms with Crippen molar-refractivity contribution < 1.29 is 0 Å². The molecule has 0 amide bonds. The van der Waals surface area contributed by atoms with Crippen LogP contribution >= 0.6 is 0 Å². The van der Waals surface area contributed by atoms with Crippen molar-refractivity contribution in [2.75, 3.05) is 35.8 Å². The Morgan fingerprint density at radius 3 is 0.818 bits per heavy atom. The molecule has 0 aliphatic rings. The minimum Gasteiger partial charge on any atom is -0.345 e. The highest BCUT2D eigenvalue weighted by Crippen LogP contribution is 2.39. The first-order valence-electron chi connectivity index (χ1n) is 33.8. The maximum atomic E-state index is 2.35. The van der Waals surface area contributed by atoms with E-state index in [1.54, 1.807) is 0 Å². The standard InChI is InChI=1S/3C31H24N2/c1-32(29-16-8-5-13-26(29)23-11-3-2-4-12-23)24-19-21-25(22-20-24)33-30-17-9-6-14-27(30)28-15-7-10-18-31(28)33;1-32(27-13-9-12-24(22-27)23-10-3-2-4-11-23)25-18-20-26(21-19-25)33-30-16-7-5-14-28(30)29-15-6-8-17-31(29)33;1-32(25-17-15-24(16-18-25)23-9-3-2-4-10-23)26-19-21-27(22-20-26)33-30-13-7-5-11-28(30)29-12-6-8-14-31(29)33/h3*2-22H,1H3. The van der Waals surface area contributed by atoms with Gasteiger partial charge in [-0.1, -0.05) is 243 Å². The van der Waals surface area contributed by atoms with Crippen LogP contribution in [-0.2, 0) is 0 Å². The molecule has 0 fully saturated rings. The molecule has 99 heavy (non-hydrogen) atoms. The molecule has 0 unspecified atom stereocenters. The highest BCUT2D eigenvalue weighted by molar-refractivity contribution is 6.11. The summed E-state index contributed by atoms with van der Waals surface area (Å²) in [6, 6.07) is 136. The number of hydrogen-bond donors (Lipinski definition) is 0. The van der Waals surface area contributed by atoms with Gasteiger partial charge in [0.25, 0.3) is 0 Å². The molecule has 15 aromatic carbocycles. The maximum absolute atomic E-state index is 2.35. The molecule has 0 aliphatic carbocycles. The smallest absolute Gasteiger partial charge is 0.0541 e. The van der Waals surface area contributed by atoms with Gasteiger partial charge in [0.2, 0.25) is 0 Å². The molecule has 0 atom stereocenters. The lowest BCUT2D eigenvalue weighted by molar-refractivity contribution is 1.16. The summed E-state index contributed by atoms with van der Waals surface area (Å²) in [7, 11) is 6.38. The Balaban J connectivity index is 0.000000116. The summed E-state index contributed by atoms with van der Waals surface area (Å²) in [5.41, 5.74) is 25.3. The minimum atomic E-state index is 1.16. The number of nitrogens with zero attached hydrogens (tertiary/aromatic N) is 6. The van der Waals surface area contributed by atoms with E-state index < -0.39 is 0 Å². The third-order valence-electron chi connectivity index (χ3n) is 19.3. The second kappa shape index (κ2) is 27.1. The lowest BCUT2D eigenvalue weighted by Crippen LogP contribution is -2.10. The highest BCUT2D eigenvalue weighted by Gasteiger charge is 2.18. The van der Waals surface area contributed by atoms with Crippen molar-refractivity contribution >= 4 is 99.5 Å². The average molecular weight is 1270 g/mol. The van der Waals surface area contributed by atoms with E-state index in [0.29, 0.717) is 0 Å². The third-order valence-corrected chi connectivity index (χ3v) is 19.3. The molecule has 0 aliphatic heterocycles. The minimum absolute atomic E-state index is 1.16. The van der Waals surface area contributed by atoms with Crippen LogP contribution in [-0.4, -0.2) is 34.8 Å². The number of aromatic nitrogens is 3. The van der Waals surface area contributed by atoms with E-state index in [-0.39, 0.29) is 0 Å². The lowest BCUT2D eigenvalue weighted by atomic mass is 10.0. The molecule has 0 saturated heterocycles. The fraction of sp³-hybridized carbons (Fsp3) is 0.0323. The van der Waals surface area contributed by atoms with Crippen molar-refractivity contribution in [3.63, 3.8) is 0 Å². The summed E-state index contributed by atoms with van der Waals surface area (Å²) in [4.78, 5) is 6.73. The summed E-state index contributed by atoms with van der Waals surface area (Å²) in [5, 5.41) is 7.71. The topological polar surface area (TPSA) is 24.5 Å². The number of hydrogen-bond acceptors (Lipinski definition) is 3. The molecule has 0 saturated carbocycles. The first kappa shape index (κ1) is 61.0. The molecule has 3 aromatic heterocycles. The molecule has 0 N–H and O–H groups in total. The van der Waals surface area contributed by atoms with Gasteiger partial charge in [-0.05, 0) is 167 Å². The van der Waals surface area contributed by atoms with Crippen molar-refractivity contribution in [2.45, 2.75) is 0 Å². The molecule has 0 spiro atoms. The van der Waals surface area contributed by atoms with Crippen molar-refractivity contribution in [2.24, 2.45) is 0 Å². The zero-order valence-corrected chi connectivity index (χ0v) is 55.6. The number of rotatable bonds is 12. The second-order valence-electron chi connectivity index (χ2n) is 25.0. The summed E-state index contributed by atoms with van der Waals surface area (Å²) in [6.45, 7) is 0. The van der Waals surface area contributed by atoms with Crippen molar-refractivity contribution in [3.8, 4) is 50.4 Å². The lowest BCUT2D eigenvalue weighted by Gasteiger charge is -2.23. The summed E-state index contributed by atoms with van der Waals surface area (Å²) in [6.07, 6.45) is 0. The fourth-order valence-corrected chi connectivity index (χ4v) is 14.2. The van der Waals surface area contributed by atoms with Gasteiger partial charge >= 0.3 is 0 Å². The fourth-order valence-electron chi connectivity index (χ4n) is 14.2. The van der Waals surface area contributed by atoms with Crippen LogP contribution < -0.4 is 14.7 Å². The summed E-state index contributed by atoms with van der Waals surface area (Å²) >= 11 is 0. The first-order valence-corrected chi connectivity index (χ1v) is 33.8.